The van der Waals surface area contributed by atoms with Crippen molar-refractivity contribution in [1.82, 2.24) is 21.3 Å². The summed E-state index contributed by atoms with van der Waals surface area (Å²) in [5, 5.41) is 12.1. The Morgan fingerprint density at radius 1 is 0.667 bits per heavy atom. The number of nitrogens with one attached hydrogen (secondary N) is 4. The molecule has 0 saturated carbocycles. The van der Waals surface area contributed by atoms with E-state index in [4.69, 9.17) is 19.9 Å². The zero-order valence-corrected chi connectivity index (χ0v) is 30.5. The molecule has 14 nitrogen and oxygen atoms in total. The summed E-state index contributed by atoms with van der Waals surface area (Å²) in [4.78, 5) is 68.4. The van der Waals surface area contributed by atoms with Gasteiger partial charge in [-0.15, -0.1) is 0 Å². The summed E-state index contributed by atoms with van der Waals surface area (Å²) < 4.78 is 15.9. The predicted octanol–water partition coefficient (Wildman–Crippen LogP) is 5.23. The van der Waals surface area contributed by atoms with Crippen LogP contribution in [0.25, 0.3) is 10.8 Å². The van der Waals surface area contributed by atoms with E-state index in [1.165, 1.54) is 0 Å². The molecule has 0 saturated heterocycles. The van der Waals surface area contributed by atoms with Gasteiger partial charge in [0, 0.05) is 13.0 Å². The molecule has 54 heavy (non-hydrogen) atoms. The van der Waals surface area contributed by atoms with Crippen LogP contribution >= 0.6 is 0 Å². The van der Waals surface area contributed by atoms with Gasteiger partial charge < -0.3 is 30.6 Å². The van der Waals surface area contributed by atoms with Crippen molar-refractivity contribution in [2.24, 2.45) is 10.7 Å². The molecule has 14 heteroatoms. The smallest absolute Gasteiger partial charge is 0.414 e. The van der Waals surface area contributed by atoms with Crippen molar-refractivity contribution >= 4 is 46.8 Å². The molecule has 0 aromatic heterocycles. The maximum absolute atomic E-state index is 13.6. The molecule has 0 bridgehead atoms. The number of hydrogen-bond donors (Lipinski definition) is 5. The lowest BCUT2D eigenvalue weighted by Crippen LogP contribution is -2.54. The summed E-state index contributed by atoms with van der Waals surface area (Å²) in [6.45, 7) is 4.96. The fourth-order valence-corrected chi connectivity index (χ4v) is 5.12. The first-order chi connectivity index (χ1) is 25.8. The van der Waals surface area contributed by atoms with E-state index in [9.17, 15) is 24.0 Å². The monoisotopic (exact) mass is 738 g/mol. The van der Waals surface area contributed by atoms with Crippen LogP contribution in [0.3, 0.4) is 0 Å². The molecule has 0 aliphatic carbocycles. The fourth-order valence-electron chi connectivity index (χ4n) is 5.12. The summed E-state index contributed by atoms with van der Waals surface area (Å²) >= 11 is 0. The molecule has 0 fully saturated rings. The lowest BCUT2D eigenvalue weighted by atomic mass is 10.0. The third kappa shape index (κ3) is 14.3. The Bertz CT molecular complexity index is 1850. The molecule has 0 unspecified atom stereocenters. The number of benzene rings is 4. The van der Waals surface area contributed by atoms with Crippen LogP contribution in [0.15, 0.2) is 108 Å². The van der Waals surface area contributed by atoms with Crippen LogP contribution in [0.2, 0.25) is 0 Å². The molecule has 0 heterocycles. The van der Waals surface area contributed by atoms with E-state index in [1.54, 1.807) is 69.3 Å². The van der Waals surface area contributed by atoms with Gasteiger partial charge in [-0.05, 0) is 61.1 Å². The molecular formula is C40H46N6O8. The van der Waals surface area contributed by atoms with Crippen molar-refractivity contribution in [1.29, 1.82) is 0 Å². The number of ether oxygens (including phenoxy) is 3. The van der Waals surface area contributed by atoms with Crippen molar-refractivity contribution in [3.8, 4) is 0 Å². The first kappa shape index (κ1) is 40.3. The Balaban J connectivity index is 1.43. The second-order valence-corrected chi connectivity index (χ2v) is 13.3. The topological polar surface area (TPSA) is 200 Å². The highest BCUT2D eigenvalue weighted by Gasteiger charge is 2.28. The number of nitrogens with two attached hydrogens (primary N) is 1. The summed E-state index contributed by atoms with van der Waals surface area (Å²) in [7, 11) is 0. The van der Waals surface area contributed by atoms with E-state index >= 15 is 0 Å². The van der Waals surface area contributed by atoms with Gasteiger partial charge >= 0.3 is 18.3 Å². The Morgan fingerprint density at radius 2 is 1.22 bits per heavy atom. The van der Waals surface area contributed by atoms with E-state index in [-0.39, 0.29) is 45.0 Å². The van der Waals surface area contributed by atoms with Gasteiger partial charge in [0.2, 0.25) is 17.8 Å². The number of aliphatic imine (C=N–C) groups is 1. The molecule has 284 valence electrons. The van der Waals surface area contributed by atoms with E-state index in [2.05, 4.69) is 26.3 Å². The summed E-state index contributed by atoms with van der Waals surface area (Å²) in [5.74, 6) is -1.67. The number of fused-ring (bicyclic) bond motifs is 1. The summed E-state index contributed by atoms with van der Waals surface area (Å²) in [6, 6.07) is 29.2. The molecule has 0 aliphatic rings. The van der Waals surface area contributed by atoms with Gasteiger partial charge in [0.15, 0.2) is 0 Å². The van der Waals surface area contributed by atoms with Crippen molar-refractivity contribution in [3.05, 3.63) is 120 Å². The molecule has 0 radical (unpaired) electrons. The minimum atomic E-state index is -1.16. The quantitative estimate of drug-likeness (QED) is 0.0501. The van der Waals surface area contributed by atoms with Gasteiger partial charge in [-0.25, -0.2) is 14.4 Å². The Hall–Kier alpha value is -6.44. The van der Waals surface area contributed by atoms with Crippen molar-refractivity contribution in [2.75, 3.05) is 6.54 Å². The third-order valence-corrected chi connectivity index (χ3v) is 7.71. The number of rotatable bonds is 14. The number of carbonyl (C=O) groups excluding carboxylic acids is 5. The van der Waals surface area contributed by atoms with Crippen molar-refractivity contribution in [3.63, 3.8) is 0 Å². The Morgan fingerprint density at radius 3 is 1.78 bits per heavy atom. The number of amides is 5. The van der Waals surface area contributed by atoms with Crippen LogP contribution in [0.1, 0.15) is 50.3 Å². The second kappa shape index (κ2) is 20.0. The van der Waals surface area contributed by atoms with Gasteiger partial charge in [0.25, 0.3) is 0 Å². The van der Waals surface area contributed by atoms with Gasteiger partial charge in [0.05, 0.1) is 0 Å². The maximum Gasteiger partial charge on any atom is 0.414 e. The van der Waals surface area contributed by atoms with Crippen LogP contribution in [0.5, 0.6) is 0 Å². The molecule has 4 aromatic carbocycles. The lowest BCUT2D eigenvalue weighted by Gasteiger charge is -2.24. The Kier molecular flexibility index (Phi) is 14.9. The predicted molar refractivity (Wildman–Crippen MR) is 203 cm³/mol. The lowest BCUT2D eigenvalue weighted by molar-refractivity contribution is -0.128. The molecular weight excluding hydrogens is 692 g/mol. The Labute approximate surface area is 313 Å². The normalized spacial score (nSPS) is 12.0. The van der Waals surface area contributed by atoms with Crippen LogP contribution in [-0.4, -0.2) is 60.3 Å². The highest BCUT2D eigenvalue weighted by atomic mass is 16.6. The van der Waals surface area contributed by atoms with E-state index < -0.39 is 47.8 Å². The number of hydrogen-bond acceptors (Lipinski definition) is 9. The minimum Gasteiger partial charge on any atom is -0.444 e. The van der Waals surface area contributed by atoms with Gasteiger partial charge in [-0.1, -0.05) is 103 Å². The number of nitrogens with zero attached hydrogens (tertiary/aromatic N) is 1. The number of carbonyl (C=O) groups is 5. The second-order valence-electron chi connectivity index (χ2n) is 13.3. The fraction of sp³-hybridized carbons (Fsp3) is 0.300. The molecule has 4 aromatic rings. The largest absolute Gasteiger partial charge is 0.444 e. The number of alkyl carbamates (subject to hydrolysis) is 3. The molecule has 6 N–H and O–H groups in total. The maximum atomic E-state index is 13.6. The molecule has 5 amide bonds. The minimum absolute atomic E-state index is 0.0244. The third-order valence-electron chi connectivity index (χ3n) is 7.71. The molecule has 2 atom stereocenters. The van der Waals surface area contributed by atoms with E-state index in [1.807, 2.05) is 54.6 Å². The average Bonchev–Trinajstić information content (AvgIpc) is 3.14. The first-order valence-corrected chi connectivity index (χ1v) is 17.4. The number of primary amides is 1. The number of guanidine groups is 1. The van der Waals surface area contributed by atoms with Gasteiger partial charge in [-0.3, -0.25) is 25.2 Å². The highest BCUT2D eigenvalue weighted by Crippen LogP contribution is 2.17. The molecule has 0 spiro atoms. The van der Waals surface area contributed by atoms with Crippen molar-refractivity contribution in [2.45, 2.75) is 70.9 Å². The standard InChI is InChI=1S/C40H46N6O8/c1-40(2,3)54-39(51)44-32(35(48)43-33(34(41)47)24-29-20-21-30-17-10-11-18-31(30)23-29)19-12-22-42-36(45-37(49)52-25-27-13-6-4-7-14-27)46-38(50)53-26-28-15-8-5-9-16-28/h4-11,13-18,20-21,23,32-33H,12,19,22,24-26H2,1-3H3,(H2,41,47)(H,43,48)(H,44,51)(H2,42,45,46,49,50)/t32-,33-/m0/s1. The van der Waals surface area contributed by atoms with Gasteiger partial charge in [0.1, 0.15) is 30.9 Å². The van der Waals surface area contributed by atoms with E-state index in [0.717, 1.165) is 27.5 Å². The van der Waals surface area contributed by atoms with Crippen LogP contribution in [-0.2, 0) is 43.4 Å². The molecule has 0 aliphatic heterocycles. The molecule has 4 rings (SSSR count). The van der Waals surface area contributed by atoms with Crippen LogP contribution in [0.4, 0.5) is 14.4 Å². The van der Waals surface area contributed by atoms with Gasteiger partial charge in [-0.2, -0.15) is 0 Å². The van der Waals surface area contributed by atoms with Crippen LogP contribution < -0.4 is 27.0 Å². The zero-order valence-electron chi connectivity index (χ0n) is 30.5. The van der Waals surface area contributed by atoms with Crippen molar-refractivity contribution < 1.29 is 38.2 Å². The zero-order chi connectivity index (χ0) is 38.9. The summed E-state index contributed by atoms with van der Waals surface area (Å²) in [5.41, 5.74) is 7.13. The highest BCUT2D eigenvalue weighted by molar-refractivity contribution is 6.01. The summed E-state index contributed by atoms with van der Waals surface area (Å²) in [6.07, 6.45) is -2.29. The average molecular weight is 739 g/mol. The first-order valence-electron chi connectivity index (χ1n) is 17.4. The SMILES string of the molecule is CC(C)(C)OC(=O)N[C@@H](CCCN=C(NC(=O)OCc1ccccc1)NC(=O)OCc1ccccc1)C(=O)N[C@@H](Cc1ccc2ccccc2c1)C(N)=O. The van der Waals surface area contributed by atoms with Crippen LogP contribution in [0, 0.1) is 0 Å². The van der Waals surface area contributed by atoms with E-state index in [0.29, 0.717) is 0 Å².